The minimum atomic E-state index is 0.958. The van der Waals surface area contributed by atoms with Crippen LogP contribution in [0.5, 0.6) is 0 Å². The van der Waals surface area contributed by atoms with Gasteiger partial charge in [0.2, 0.25) is 0 Å². The Morgan fingerprint density at radius 2 is 1.25 bits per heavy atom. The molecule has 0 aromatic heterocycles. The average molecular weight is 56.1 g/mol. The fourth-order valence-corrected chi connectivity index (χ4v) is 0. The molecule has 0 heteroatoms. The Morgan fingerprint density at radius 1 is 1.00 bits per heavy atom. The third-order valence-electron chi connectivity index (χ3n) is 0.250. The summed E-state index contributed by atoms with van der Waals surface area (Å²) >= 11 is 0. The molecule has 0 unspecified atom stereocenters. The van der Waals surface area contributed by atoms with Gasteiger partial charge in [-0.1, -0.05) is 0 Å². The summed E-state index contributed by atoms with van der Waals surface area (Å²) in [5.74, 6) is 0. The molecular formula is C4H8-2. The van der Waals surface area contributed by atoms with Crippen molar-refractivity contribution in [3.8, 4) is 0 Å². The van der Waals surface area contributed by atoms with Crippen LogP contribution in [0, 0.1) is 13.8 Å². The van der Waals surface area contributed by atoms with E-state index in [-0.39, 0.29) is 0 Å². The lowest BCUT2D eigenvalue weighted by molar-refractivity contribution is 1.05. The second-order valence-electron chi connectivity index (χ2n) is 0.707. The molecule has 0 heterocycles. The van der Waals surface area contributed by atoms with E-state index in [2.05, 4.69) is 13.8 Å². The Hall–Kier alpha value is 0. The van der Waals surface area contributed by atoms with E-state index in [9.17, 15) is 0 Å². The highest BCUT2D eigenvalue weighted by molar-refractivity contribution is 4.38. The Bertz CT molecular complexity index is 2.00. The lowest BCUT2D eigenvalue weighted by Gasteiger charge is -1.87. The normalized spacial score (nSPS) is 7.50. The maximum Gasteiger partial charge on any atom is -0.209 e. The van der Waals surface area contributed by atoms with E-state index in [1.807, 2.05) is 0 Å². The maximum absolute atomic E-state index is 3.54. The van der Waals surface area contributed by atoms with Gasteiger partial charge >= 0.3 is 0 Å². The summed E-state index contributed by atoms with van der Waals surface area (Å²) in [4.78, 5) is 0. The monoisotopic (exact) mass is 56.1 g/mol. The molecule has 0 radical (unpaired) electrons. The number of hydrogen-bond acceptors (Lipinski definition) is 0. The van der Waals surface area contributed by atoms with Crippen LogP contribution >= 0.6 is 0 Å². The zero-order chi connectivity index (χ0) is 3.41. The molecule has 4 heavy (non-hydrogen) atoms. The molecule has 0 bridgehead atoms. The zero-order valence-corrected chi connectivity index (χ0v) is 2.83. The van der Waals surface area contributed by atoms with Crippen molar-refractivity contribution in [2.45, 2.75) is 12.8 Å². The van der Waals surface area contributed by atoms with Crippen LogP contribution < -0.4 is 0 Å². The predicted octanol–water partition coefficient (Wildman–Crippen LogP) is 1.43. The first-order valence-electron chi connectivity index (χ1n) is 1.50. The van der Waals surface area contributed by atoms with Gasteiger partial charge in [0.15, 0.2) is 0 Å². The fourth-order valence-electron chi connectivity index (χ4n) is 0. The van der Waals surface area contributed by atoms with Gasteiger partial charge in [0.25, 0.3) is 0 Å². The Balaban J connectivity index is 1.97. The van der Waals surface area contributed by atoms with Crippen molar-refractivity contribution in [1.82, 2.24) is 0 Å². The van der Waals surface area contributed by atoms with E-state index < -0.39 is 0 Å². The third-order valence-corrected chi connectivity index (χ3v) is 0.250. The van der Waals surface area contributed by atoms with Gasteiger partial charge in [0, 0.05) is 0 Å². The van der Waals surface area contributed by atoms with Crippen molar-refractivity contribution in [2.24, 2.45) is 0 Å². The van der Waals surface area contributed by atoms with E-state index in [0.29, 0.717) is 0 Å². The first-order chi connectivity index (χ1) is 1.91. The van der Waals surface area contributed by atoms with Crippen LogP contribution in [0.3, 0.4) is 0 Å². The maximum atomic E-state index is 3.54. The summed E-state index contributed by atoms with van der Waals surface area (Å²) in [5, 5.41) is 0. The minimum Gasteiger partial charge on any atom is -0.346 e. The minimum absolute atomic E-state index is 0.958. The van der Waals surface area contributed by atoms with Gasteiger partial charge in [0.05, 0.1) is 0 Å². The van der Waals surface area contributed by atoms with E-state index in [1.54, 1.807) is 0 Å². The van der Waals surface area contributed by atoms with Crippen LogP contribution in [0.15, 0.2) is 0 Å². The van der Waals surface area contributed by atoms with Crippen LogP contribution in [-0.4, -0.2) is 0 Å². The van der Waals surface area contributed by atoms with Crippen molar-refractivity contribution in [1.29, 1.82) is 0 Å². The van der Waals surface area contributed by atoms with Crippen LogP contribution in [0.2, 0.25) is 0 Å². The van der Waals surface area contributed by atoms with Gasteiger partial charge in [-0.15, -0.1) is 0 Å². The molecule has 0 aliphatic carbocycles. The topological polar surface area (TPSA) is 0 Å². The fraction of sp³-hybridized carbons (Fsp3) is 0.500. The first-order valence-corrected chi connectivity index (χ1v) is 1.50. The molecule has 0 aromatic carbocycles. The number of unbranched alkanes of at least 4 members (excludes halogenated alkanes) is 1. The number of rotatable bonds is 1. The van der Waals surface area contributed by atoms with Gasteiger partial charge in [0.1, 0.15) is 0 Å². The molecule has 0 aliphatic heterocycles. The second-order valence-corrected chi connectivity index (χ2v) is 0.707. The van der Waals surface area contributed by atoms with Gasteiger partial charge in [-0.25, -0.2) is 12.8 Å². The molecular weight excluding hydrogens is 48.0 g/mol. The van der Waals surface area contributed by atoms with Crippen LogP contribution in [0.4, 0.5) is 0 Å². The Labute approximate surface area is 27.8 Å². The molecule has 0 saturated heterocycles. The highest BCUT2D eigenvalue weighted by Crippen LogP contribution is 1.75. The molecule has 0 aliphatic rings. The van der Waals surface area contributed by atoms with Gasteiger partial charge in [-0.3, -0.25) is 0 Å². The summed E-state index contributed by atoms with van der Waals surface area (Å²) < 4.78 is 0. The molecule has 0 fully saturated rings. The second kappa shape index (κ2) is 3.00. The summed E-state index contributed by atoms with van der Waals surface area (Å²) in [5.41, 5.74) is 0. The molecule has 0 saturated carbocycles. The standard InChI is InChI=1S/C4H8/c1-3-4-2/h1-4H2/q-2. The van der Waals surface area contributed by atoms with Gasteiger partial charge in [-0.05, 0) is 0 Å². The van der Waals surface area contributed by atoms with Gasteiger partial charge < -0.3 is 13.8 Å². The SMILES string of the molecule is [CH2-]CC[CH2-]. The lowest BCUT2D eigenvalue weighted by Crippen LogP contribution is -1.49. The average Bonchev–Trinajstić information content (AvgIpc) is 1.37. The van der Waals surface area contributed by atoms with Crippen molar-refractivity contribution >= 4 is 0 Å². The Morgan fingerprint density at radius 3 is 1.25 bits per heavy atom. The predicted molar refractivity (Wildman–Crippen MR) is 19.9 cm³/mol. The zero-order valence-electron chi connectivity index (χ0n) is 2.83. The van der Waals surface area contributed by atoms with E-state index >= 15 is 0 Å². The van der Waals surface area contributed by atoms with Crippen molar-refractivity contribution in [3.63, 3.8) is 0 Å². The molecule has 0 amide bonds. The molecule has 0 rings (SSSR count). The van der Waals surface area contributed by atoms with Crippen LogP contribution in [0.1, 0.15) is 12.8 Å². The van der Waals surface area contributed by atoms with Crippen molar-refractivity contribution in [2.75, 3.05) is 0 Å². The van der Waals surface area contributed by atoms with E-state index in [4.69, 9.17) is 0 Å². The summed E-state index contributed by atoms with van der Waals surface area (Å²) in [6, 6.07) is 0. The lowest BCUT2D eigenvalue weighted by atomic mass is 10.4. The summed E-state index contributed by atoms with van der Waals surface area (Å²) in [6.07, 6.45) is 1.92. The first kappa shape index (κ1) is 4.00. The van der Waals surface area contributed by atoms with Crippen molar-refractivity contribution < 1.29 is 0 Å². The summed E-state index contributed by atoms with van der Waals surface area (Å²) in [6.45, 7) is 7.08. The largest absolute Gasteiger partial charge is 0.346 e. The Kier molecular flexibility index (Phi) is 3.00. The van der Waals surface area contributed by atoms with Crippen LogP contribution in [-0.2, 0) is 0 Å². The third kappa shape index (κ3) is 2.00. The number of hydrogen-bond donors (Lipinski definition) is 0. The highest BCUT2D eigenvalue weighted by Gasteiger charge is 1.37. The van der Waals surface area contributed by atoms with E-state index in [1.165, 1.54) is 0 Å². The van der Waals surface area contributed by atoms with Crippen molar-refractivity contribution in [3.05, 3.63) is 13.8 Å². The smallest absolute Gasteiger partial charge is 0.209 e. The summed E-state index contributed by atoms with van der Waals surface area (Å²) in [7, 11) is 0. The molecule has 26 valence electrons. The quantitative estimate of drug-likeness (QED) is 0.399. The molecule has 0 aromatic rings. The van der Waals surface area contributed by atoms with Crippen LogP contribution in [0.25, 0.3) is 0 Å². The molecule has 0 atom stereocenters. The molecule has 0 nitrogen and oxygen atoms in total. The molecule has 0 spiro atoms. The molecule has 0 N–H and O–H groups in total. The highest BCUT2D eigenvalue weighted by atomic mass is 13.6. The van der Waals surface area contributed by atoms with Gasteiger partial charge in [-0.2, -0.15) is 0 Å². The van der Waals surface area contributed by atoms with E-state index in [0.717, 1.165) is 12.8 Å².